The molecule has 20 heavy (non-hydrogen) atoms. The van der Waals surface area contributed by atoms with Crippen LogP contribution in [-0.2, 0) is 4.79 Å². The van der Waals surface area contributed by atoms with Crippen LogP contribution in [0, 0.1) is 0 Å². The summed E-state index contributed by atoms with van der Waals surface area (Å²) in [6.45, 7) is -0.304. The van der Waals surface area contributed by atoms with Crippen molar-refractivity contribution in [1.82, 2.24) is 5.32 Å². The molecule has 0 heterocycles. The second-order valence-corrected chi connectivity index (χ2v) is 4.17. The van der Waals surface area contributed by atoms with Gasteiger partial charge >= 0.3 is 0 Å². The Hall–Kier alpha value is -2.75. The van der Waals surface area contributed by atoms with Crippen LogP contribution in [0.25, 0.3) is 0 Å². The van der Waals surface area contributed by atoms with E-state index in [0.717, 1.165) is 0 Å². The molecule has 100 valence electrons. The van der Waals surface area contributed by atoms with Crippen molar-refractivity contribution in [3.8, 4) is 0 Å². The van der Waals surface area contributed by atoms with Gasteiger partial charge < -0.3 is 5.32 Å². The molecule has 1 N–H and O–H groups in total. The Morgan fingerprint density at radius 3 is 1.80 bits per heavy atom. The van der Waals surface area contributed by atoms with E-state index in [9.17, 15) is 14.4 Å². The Bertz CT molecular complexity index is 621. The number of amides is 1. The first-order valence-electron chi connectivity index (χ1n) is 6.14. The number of ketones is 2. The average molecular weight is 267 g/mol. The first-order chi connectivity index (χ1) is 9.68. The molecule has 0 aliphatic heterocycles. The van der Waals surface area contributed by atoms with Crippen LogP contribution < -0.4 is 5.32 Å². The van der Waals surface area contributed by atoms with Crippen molar-refractivity contribution < 1.29 is 14.4 Å². The Morgan fingerprint density at radius 1 is 0.750 bits per heavy atom. The monoisotopic (exact) mass is 267 g/mol. The SMILES string of the molecule is O=C(CNC(=O)c1ccccc1)C(=O)c1ccccc1. The van der Waals surface area contributed by atoms with E-state index in [2.05, 4.69) is 5.32 Å². The second-order valence-electron chi connectivity index (χ2n) is 4.17. The van der Waals surface area contributed by atoms with Gasteiger partial charge in [-0.3, -0.25) is 14.4 Å². The average Bonchev–Trinajstić information content (AvgIpc) is 2.53. The van der Waals surface area contributed by atoms with Crippen LogP contribution in [0.15, 0.2) is 60.7 Å². The van der Waals surface area contributed by atoms with Gasteiger partial charge in [0.05, 0.1) is 6.54 Å². The molecule has 0 bridgehead atoms. The smallest absolute Gasteiger partial charge is 0.251 e. The van der Waals surface area contributed by atoms with E-state index >= 15 is 0 Å². The van der Waals surface area contributed by atoms with Crippen LogP contribution in [0.2, 0.25) is 0 Å². The van der Waals surface area contributed by atoms with E-state index in [1.165, 1.54) is 0 Å². The number of carbonyl (C=O) groups excluding carboxylic acids is 3. The zero-order valence-electron chi connectivity index (χ0n) is 10.7. The molecule has 0 aliphatic rings. The van der Waals surface area contributed by atoms with Gasteiger partial charge in [-0.2, -0.15) is 0 Å². The highest BCUT2D eigenvalue weighted by atomic mass is 16.2. The number of rotatable bonds is 5. The number of hydrogen-bond acceptors (Lipinski definition) is 3. The topological polar surface area (TPSA) is 63.2 Å². The highest BCUT2D eigenvalue weighted by Gasteiger charge is 2.16. The van der Waals surface area contributed by atoms with Gasteiger partial charge in [0.2, 0.25) is 11.6 Å². The molecule has 2 aromatic rings. The van der Waals surface area contributed by atoms with Crippen LogP contribution >= 0.6 is 0 Å². The Morgan fingerprint density at radius 2 is 1.25 bits per heavy atom. The molecule has 0 aliphatic carbocycles. The van der Waals surface area contributed by atoms with Gasteiger partial charge in [0.15, 0.2) is 0 Å². The van der Waals surface area contributed by atoms with Gasteiger partial charge in [-0.1, -0.05) is 48.5 Å². The van der Waals surface area contributed by atoms with Crippen molar-refractivity contribution in [1.29, 1.82) is 0 Å². The van der Waals surface area contributed by atoms with Crippen LogP contribution in [-0.4, -0.2) is 24.0 Å². The summed E-state index contributed by atoms with van der Waals surface area (Å²) in [5, 5.41) is 2.44. The van der Waals surface area contributed by atoms with Gasteiger partial charge in [0.1, 0.15) is 0 Å². The minimum absolute atomic E-state index is 0.304. The maximum atomic E-state index is 11.8. The van der Waals surface area contributed by atoms with Gasteiger partial charge in [0, 0.05) is 11.1 Å². The Balaban J connectivity index is 1.93. The second kappa shape index (κ2) is 6.43. The molecule has 1 amide bonds. The Kier molecular flexibility index (Phi) is 4.39. The maximum Gasteiger partial charge on any atom is 0.251 e. The minimum Gasteiger partial charge on any atom is -0.344 e. The molecule has 0 atom stereocenters. The third-order valence-corrected chi connectivity index (χ3v) is 2.73. The minimum atomic E-state index is -0.638. The van der Waals surface area contributed by atoms with E-state index in [4.69, 9.17) is 0 Å². The summed E-state index contributed by atoms with van der Waals surface area (Å²) in [4.78, 5) is 35.2. The molecule has 0 spiro atoms. The zero-order chi connectivity index (χ0) is 14.4. The molecule has 0 saturated heterocycles. The predicted octanol–water partition coefficient (Wildman–Crippen LogP) is 1.87. The third-order valence-electron chi connectivity index (χ3n) is 2.73. The lowest BCUT2D eigenvalue weighted by Gasteiger charge is -2.04. The lowest BCUT2D eigenvalue weighted by molar-refractivity contribution is -0.114. The summed E-state index contributed by atoms with van der Waals surface area (Å²) in [7, 11) is 0. The van der Waals surface area contributed by atoms with Crippen LogP contribution in [0.4, 0.5) is 0 Å². The van der Waals surface area contributed by atoms with E-state index in [1.807, 2.05) is 0 Å². The van der Waals surface area contributed by atoms with Crippen molar-refractivity contribution in [3.63, 3.8) is 0 Å². The molecule has 2 aromatic carbocycles. The molecular weight excluding hydrogens is 254 g/mol. The molecule has 0 saturated carbocycles. The standard InChI is InChI=1S/C16H13NO3/c18-14(15(19)12-7-3-1-4-8-12)11-17-16(20)13-9-5-2-6-10-13/h1-10H,11H2,(H,17,20). The number of benzene rings is 2. The quantitative estimate of drug-likeness (QED) is 0.664. The number of nitrogens with one attached hydrogen (secondary N) is 1. The van der Waals surface area contributed by atoms with E-state index in [0.29, 0.717) is 11.1 Å². The summed E-state index contributed by atoms with van der Waals surface area (Å²) in [6.07, 6.45) is 0. The van der Waals surface area contributed by atoms with Crippen molar-refractivity contribution in [3.05, 3.63) is 71.8 Å². The Labute approximate surface area is 116 Å². The van der Waals surface area contributed by atoms with E-state index in [-0.39, 0.29) is 12.5 Å². The normalized spacial score (nSPS) is 9.80. The number of Topliss-reactive ketones (excluding diaryl/α,β-unsaturated/α-hetero) is 2. The molecule has 4 nitrogen and oxygen atoms in total. The molecule has 0 radical (unpaired) electrons. The first-order valence-corrected chi connectivity index (χ1v) is 6.14. The maximum absolute atomic E-state index is 11.8. The van der Waals surface area contributed by atoms with Gasteiger partial charge in [-0.05, 0) is 12.1 Å². The highest BCUT2D eigenvalue weighted by molar-refractivity contribution is 6.44. The lowest BCUT2D eigenvalue weighted by Crippen LogP contribution is -2.33. The number of carbonyl (C=O) groups is 3. The summed E-state index contributed by atoms with van der Waals surface area (Å²) < 4.78 is 0. The van der Waals surface area contributed by atoms with Crippen molar-refractivity contribution >= 4 is 17.5 Å². The van der Waals surface area contributed by atoms with Crippen molar-refractivity contribution in [2.24, 2.45) is 0 Å². The van der Waals surface area contributed by atoms with E-state index < -0.39 is 11.6 Å². The van der Waals surface area contributed by atoms with Gasteiger partial charge in [-0.15, -0.1) is 0 Å². The summed E-state index contributed by atoms with van der Waals surface area (Å²) >= 11 is 0. The fourth-order valence-corrected chi connectivity index (χ4v) is 1.68. The van der Waals surface area contributed by atoms with Gasteiger partial charge in [-0.25, -0.2) is 0 Å². The third kappa shape index (κ3) is 3.38. The van der Waals surface area contributed by atoms with Crippen LogP contribution in [0.3, 0.4) is 0 Å². The van der Waals surface area contributed by atoms with Crippen molar-refractivity contribution in [2.45, 2.75) is 0 Å². The predicted molar refractivity (Wildman–Crippen MR) is 74.6 cm³/mol. The fourth-order valence-electron chi connectivity index (χ4n) is 1.68. The summed E-state index contributed by atoms with van der Waals surface area (Å²) in [5.74, 6) is -1.61. The van der Waals surface area contributed by atoms with Crippen LogP contribution in [0.5, 0.6) is 0 Å². The molecule has 0 fully saturated rings. The van der Waals surface area contributed by atoms with Crippen molar-refractivity contribution in [2.75, 3.05) is 6.54 Å². The fraction of sp³-hybridized carbons (Fsp3) is 0.0625. The molecule has 0 unspecified atom stereocenters. The molecular formula is C16H13NO3. The van der Waals surface area contributed by atoms with E-state index in [1.54, 1.807) is 60.7 Å². The van der Waals surface area contributed by atoms with Gasteiger partial charge in [0.25, 0.3) is 5.91 Å². The summed E-state index contributed by atoms with van der Waals surface area (Å²) in [5.41, 5.74) is 0.777. The molecule has 0 aromatic heterocycles. The molecule has 2 rings (SSSR count). The number of hydrogen-bond donors (Lipinski definition) is 1. The van der Waals surface area contributed by atoms with Crippen LogP contribution in [0.1, 0.15) is 20.7 Å². The highest BCUT2D eigenvalue weighted by Crippen LogP contribution is 2.01. The lowest BCUT2D eigenvalue weighted by atomic mass is 10.1. The largest absolute Gasteiger partial charge is 0.344 e. The zero-order valence-corrected chi connectivity index (χ0v) is 10.7. The molecule has 4 heteroatoms. The summed E-state index contributed by atoms with van der Waals surface area (Å²) in [6, 6.07) is 16.8. The first kappa shape index (κ1) is 13.7.